The van der Waals surface area contributed by atoms with Gasteiger partial charge in [0.25, 0.3) is 0 Å². The van der Waals surface area contributed by atoms with E-state index in [1.54, 1.807) is 0 Å². The third-order valence-electron chi connectivity index (χ3n) is 0. The van der Waals surface area contributed by atoms with Crippen molar-refractivity contribution in [1.82, 2.24) is 0 Å². The van der Waals surface area contributed by atoms with E-state index in [4.69, 9.17) is 3.57 Å². The molecule has 0 fully saturated rings. The van der Waals surface area contributed by atoms with Gasteiger partial charge in [0.15, 0.2) is 0 Å². The zero-order valence-corrected chi connectivity index (χ0v) is 8.83. The van der Waals surface area contributed by atoms with Crippen LogP contribution in [-0.2, 0) is 49.1 Å². The molecule has 0 radical (unpaired) electrons. The zero-order chi connectivity index (χ0) is 2.00. The molecule has 1 nitrogen and oxygen atoms in total. The van der Waals surface area contributed by atoms with Gasteiger partial charge in [0.05, 0.1) is 0 Å². The van der Waals surface area contributed by atoms with E-state index >= 15 is 0 Å². The zero-order valence-electron chi connectivity index (χ0n) is 1.82. The van der Waals surface area contributed by atoms with Crippen LogP contribution < -0.4 is 0 Å². The molecule has 0 aliphatic carbocycles. The molecular weight excluding hydrogens is 313 g/mol. The van der Waals surface area contributed by atoms with Gasteiger partial charge in [-0.3, -0.25) is 0 Å². The first-order valence-corrected chi connectivity index (χ1v) is 1.50. The summed E-state index contributed by atoms with van der Waals surface area (Å²) in [6.45, 7) is 0. The molecule has 0 unspecified atom stereocenters. The molecule has 0 rings (SSSR count). The topological polar surface area (TPSA) is 17.1 Å². The molecule has 0 aromatic rings. The van der Waals surface area contributed by atoms with Crippen molar-refractivity contribution in [2.45, 2.75) is 0 Å². The average molecular weight is 317 g/mol. The molecule has 18 valence electrons. The Hall–Kier alpha value is 2.14. The van der Waals surface area contributed by atoms with Crippen LogP contribution in [-0.4, -0.2) is 23.9 Å². The molecule has 0 heterocycles. The maximum absolute atomic E-state index is 8.38. The Balaban J connectivity index is -0.00000000500. The van der Waals surface area contributed by atoms with Gasteiger partial charge in [0.2, 0.25) is 0 Å². The fraction of sp³-hybridized carbons (Fsp3) is 0. The van der Waals surface area contributed by atoms with Crippen molar-refractivity contribution in [2.24, 2.45) is 0 Å². The van der Waals surface area contributed by atoms with Crippen molar-refractivity contribution in [3.05, 3.63) is 0 Å². The van der Waals surface area contributed by atoms with E-state index in [1.807, 2.05) is 0 Å². The normalized spacial score (nSPS) is 1.50. The second-order valence-electron chi connectivity index (χ2n) is 0. The van der Waals surface area contributed by atoms with Gasteiger partial charge in [0, 0.05) is 27.3 Å². The fourth-order valence-electron chi connectivity index (χ4n) is 0. The van der Waals surface area contributed by atoms with Gasteiger partial charge >= 0.3 is 45.7 Å². The second kappa shape index (κ2) is 19.2. The van der Waals surface area contributed by atoms with Gasteiger partial charge in [0.1, 0.15) is 0 Å². The van der Waals surface area contributed by atoms with Gasteiger partial charge in [-0.15, -0.1) is 0 Å². The van der Waals surface area contributed by atoms with Crippen molar-refractivity contribution in [3.8, 4) is 0 Å². The van der Waals surface area contributed by atoms with Crippen LogP contribution in [0.2, 0.25) is 0 Å². The van der Waals surface area contributed by atoms with Gasteiger partial charge in [-0.2, -0.15) is 0 Å². The van der Waals surface area contributed by atoms with E-state index in [9.17, 15) is 0 Å². The van der Waals surface area contributed by atoms with Crippen molar-refractivity contribution in [1.29, 1.82) is 0 Å². The van der Waals surface area contributed by atoms with E-state index < -0.39 is 0 Å². The predicted octanol–water partition coefficient (Wildman–Crippen LogP) is -1.58. The summed E-state index contributed by atoms with van der Waals surface area (Å²) in [6.07, 6.45) is 0. The molecule has 0 bridgehead atoms. The van der Waals surface area contributed by atoms with Gasteiger partial charge in [-0.1, -0.05) is 0 Å². The van der Waals surface area contributed by atoms with Gasteiger partial charge < -0.3 is 0 Å². The number of hydrogen-bond donors (Lipinski definition) is 0. The summed E-state index contributed by atoms with van der Waals surface area (Å²) in [7, 11) is 0. The number of rotatable bonds is 0. The molecule has 0 aliphatic rings. The molecule has 4 heavy (non-hydrogen) atoms. The molecule has 0 spiro atoms. The molecule has 0 amide bonds. The molecular formula is H4CdOSnZn. The van der Waals surface area contributed by atoms with Crippen LogP contribution in [0.15, 0.2) is 0 Å². The van der Waals surface area contributed by atoms with Crippen molar-refractivity contribution in [2.75, 3.05) is 0 Å². The first-order chi connectivity index (χ1) is 1.00. The van der Waals surface area contributed by atoms with Crippen LogP contribution in [0.1, 0.15) is 0 Å². The van der Waals surface area contributed by atoms with Crippen molar-refractivity contribution < 1.29 is 49.1 Å². The fourth-order valence-corrected chi connectivity index (χ4v) is 0. The van der Waals surface area contributed by atoms with Crippen LogP contribution in [0, 0.1) is 0 Å². The Morgan fingerprint density at radius 2 is 1.25 bits per heavy atom. The Kier molecular flexibility index (Phi) is 79.0. The Morgan fingerprint density at radius 3 is 1.25 bits per heavy atom. The van der Waals surface area contributed by atoms with E-state index in [1.165, 1.54) is 0 Å². The van der Waals surface area contributed by atoms with E-state index in [0.717, 1.165) is 0 Å². The minimum absolute atomic E-state index is 0. The van der Waals surface area contributed by atoms with Gasteiger partial charge in [-0.25, -0.2) is 0 Å². The van der Waals surface area contributed by atoms with Gasteiger partial charge in [-0.05, 0) is 0 Å². The van der Waals surface area contributed by atoms with Crippen molar-refractivity contribution >= 4 is 23.9 Å². The summed E-state index contributed by atoms with van der Waals surface area (Å²) in [5.41, 5.74) is 0. The molecule has 4 heteroatoms. The summed E-state index contributed by atoms with van der Waals surface area (Å²) >= 11 is 0.125. The molecule has 0 aliphatic heterocycles. The Morgan fingerprint density at radius 1 is 1.25 bits per heavy atom. The quantitative estimate of drug-likeness (QED) is 0.493. The Labute approximate surface area is 72.0 Å². The Bertz CT molecular complexity index is 8.00. The number of hydrogen-bond acceptors (Lipinski definition) is 1. The molecule has 0 atom stereocenters. The maximum atomic E-state index is 8.38. The van der Waals surface area contributed by atoms with Crippen LogP contribution in [0.25, 0.3) is 0 Å². The van der Waals surface area contributed by atoms with E-state index in [-0.39, 0.29) is 69.5 Å². The summed E-state index contributed by atoms with van der Waals surface area (Å²) < 4.78 is 8.38. The first-order valence-electron chi connectivity index (χ1n) is 0.289. The van der Waals surface area contributed by atoms with E-state index in [2.05, 4.69) is 0 Å². The molecule has 0 N–H and O–H groups in total. The minimum atomic E-state index is 0. The first kappa shape index (κ1) is 16.4. The van der Waals surface area contributed by atoms with Crippen LogP contribution in [0.3, 0.4) is 0 Å². The molecule has 0 saturated heterocycles. The second-order valence-corrected chi connectivity index (χ2v) is 0. The average Bonchev–Trinajstić information content (AvgIpc) is 1.00. The SMILES string of the molecule is [Cd].[O]=[Zn].[SnH4]. The third-order valence-corrected chi connectivity index (χ3v) is 0. The standard InChI is InChI=1S/Cd.O.Sn.Zn.4H. The van der Waals surface area contributed by atoms with Crippen LogP contribution >= 0.6 is 0 Å². The molecule has 0 saturated carbocycles. The van der Waals surface area contributed by atoms with E-state index in [0.29, 0.717) is 0 Å². The van der Waals surface area contributed by atoms with Crippen LogP contribution in [0.4, 0.5) is 0 Å². The third kappa shape index (κ3) is 8.91. The molecule has 0 aromatic carbocycles. The summed E-state index contributed by atoms with van der Waals surface area (Å²) in [5.74, 6) is 0. The van der Waals surface area contributed by atoms with Crippen LogP contribution in [0.5, 0.6) is 0 Å². The van der Waals surface area contributed by atoms with Crippen molar-refractivity contribution in [3.63, 3.8) is 0 Å². The summed E-state index contributed by atoms with van der Waals surface area (Å²) in [4.78, 5) is 0. The monoisotopic (exact) mass is 318 g/mol. The molecule has 0 aromatic heterocycles. The summed E-state index contributed by atoms with van der Waals surface area (Å²) in [5, 5.41) is 0. The summed E-state index contributed by atoms with van der Waals surface area (Å²) in [6, 6.07) is 0. The predicted molar refractivity (Wildman–Crippen MR) is 12.0 cm³/mol.